The SMILES string of the molecule is COC(=O)c1ccc(N(CC(C)C)C(=O)CN)cc1. The third-order valence-electron chi connectivity index (χ3n) is 2.62. The van der Waals surface area contributed by atoms with Crippen molar-refractivity contribution in [2.75, 3.05) is 25.1 Å². The first-order valence-corrected chi connectivity index (χ1v) is 6.18. The number of hydrogen-bond acceptors (Lipinski definition) is 4. The molecule has 0 spiro atoms. The maximum atomic E-state index is 11.8. The number of nitrogens with two attached hydrogens (primary N) is 1. The number of anilines is 1. The molecule has 0 unspecified atom stereocenters. The summed E-state index contributed by atoms with van der Waals surface area (Å²) in [6.07, 6.45) is 0. The molecule has 0 aliphatic heterocycles. The first kappa shape index (κ1) is 15.2. The van der Waals surface area contributed by atoms with E-state index < -0.39 is 5.97 Å². The molecule has 0 bridgehead atoms. The molecule has 0 fully saturated rings. The lowest BCUT2D eigenvalue weighted by atomic mass is 10.1. The van der Waals surface area contributed by atoms with Crippen LogP contribution >= 0.6 is 0 Å². The molecule has 0 aliphatic carbocycles. The first-order valence-electron chi connectivity index (χ1n) is 6.18. The van der Waals surface area contributed by atoms with Crippen LogP contribution in [0.4, 0.5) is 5.69 Å². The van der Waals surface area contributed by atoms with Gasteiger partial charge < -0.3 is 15.4 Å². The topological polar surface area (TPSA) is 72.6 Å². The third-order valence-corrected chi connectivity index (χ3v) is 2.62. The fourth-order valence-corrected chi connectivity index (χ4v) is 1.72. The summed E-state index contributed by atoms with van der Waals surface area (Å²) in [5.41, 5.74) is 6.61. The molecule has 5 heteroatoms. The fourth-order valence-electron chi connectivity index (χ4n) is 1.72. The number of carbonyl (C=O) groups excluding carboxylic acids is 2. The standard InChI is InChI=1S/C14H20N2O3/c1-10(2)9-16(13(17)8-15)12-6-4-11(5-7-12)14(18)19-3/h4-7,10H,8-9,15H2,1-3H3. The molecular formula is C14H20N2O3. The maximum absolute atomic E-state index is 11.8. The minimum absolute atomic E-state index is 0.0362. The van der Waals surface area contributed by atoms with Crippen molar-refractivity contribution in [2.45, 2.75) is 13.8 Å². The number of amides is 1. The van der Waals surface area contributed by atoms with E-state index in [0.717, 1.165) is 5.69 Å². The zero-order chi connectivity index (χ0) is 14.4. The van der Waals surface area contributed by atoms with E-state index in [-0.39, 0.29) is 12.5 Å². The lowest BCUT2D eigenvalue weighted by Gasteiger charge is -2.24. The van der Waals surface area contributed by atoms with Gasteiger partial charge in [-0.3, -0.25) is 4.79 Å². The zero-order valence-electron chi connectivity index (χ0n) is 11.6. The molecule has 0 saturated carbocycles. The monoisotopic (exact) mass is 264 g/mol. The summed E-state index contributed by atoms with van der Waals surface area (Å²) in [5, 5.41) is 0. The molecule has 0 aromatic heterocycles. The highest BCUT2D eigenvalue weighted by molar-refractivity contribution is 5.95. The lowest BCUT2D eigenvalue weighted by molar-refractivity contribution is -0.117. The van der Waals surface area contributed by atoms with Crippen LogP contribution in [0.15, 0.2) is 24.3 Å². The highest BCUT2D eigenvalue weighted by atomic mass is 16.5. The zero-order valence-corrected chi connectivity index (χ0v) is 11.6. The number of hydrogen-bond donors (Lipinski definition) is 1. The number of benzene rings is 1. The van der Waals surface area contributed by atoms with Crippen LogP contribution in [0.2, 0.25) is 0 Å². The summed E-state index contributed by atoms with van der Waals surface area (Å²) in [5.74, 6) is -0.206. The Morgan fingerprint density at radius 3 is 2.26 bits per heavy atom. The molecule has 0 saturated heterocycles. The van der Waals surface area contributed by atoms with E-state index in [0.29, 0.717) is 18.0 Å². The predicted molar refractivity (Wildman–Crippen MR) is 74.0 cm³/mol. The van der Waals surface area contributed by atoms with E-state index in [1.54, 1.807) is 29.2 Å². The van der Waals surface area contributed by atoms with E-state index in [1.165, 1.54) is 7.11 Å². The average Bonchev–Trinajstić information content (AvgIpc) is 2.43. The fraction of sp³-hybridized carbons (Fsp3) is 0.429. The normalized spacial score (nSPS) is 10.4. The van der Waals surface area contributed by atoms with Crippen LogP contribution in [0.3, 0.4) is 0 Å². The van der Waals surface area contributed by atoms with Crippen molar-refractivity contribution < 1.29 is 14.3 Å². The number of esters is 1. The molecule has 1 rings (SSSR count). The second kappa shape index (κ2) is 6.89. The third kappa shape index (κ3) is 4.06. The number of ether oxygens (including phenoxy) is 1. The summed E-state index contributed by atoms with van der Waals surface area (Å²) in [7, 11) is 1.33. The van der Waals surface area contributed by atoms with E-state index in [4.69, 9.17) is 5.73 Å². The second-order valence-electron chi connectivity index (χ2n) is 4.64. The lowest BCUT2D eigenvalue weighted by Crippen LogP contribution is -2.38. The van der Waals surface area contributed by atoms with Crippen molar-refractivity contribution in [3.05, 3.63) is 29.8 Å². The van der Waals surface area contributed by atoms with Crippen LogP contribution < -0.4 is 10.6 Å². The van der Waals surface area contributed by atoms with Gasteiger partial charge in [0.25, 0.3) is 0 Å². The summed E-state index contributed by atoms with van der Waals surface area (Å²) >= 11 is 0. The van der Waals surface area contributed by atoms with Gasteiger partial charge >= 0.3 is 5.97 Å². The largest absolute Gasteiger partial charge is 0.465 e. The summed E-state index contributed by atoms with van der Waals surface area (Å²) < 4.78 is 4.63. The summed E-state index contributed by atoms with van der Waals surface area (Å²) in [6.45, 7) is 4.61. The molecule has 0 aliphatic rings. The number of nitrogens with zero attached hydrogens (tertiary/aromatic N) is 1. The van der Waals surface area contributed by atoms with Crippen molar-refractivity contribution in [1.82, 2.24) is 0 Å². The van der Waals surface area contributed by atoms with E-state index in [9.17, 15) is 9.59 Å². The Morgan fingerprint density at radius 1 is 1.26 bits per heavy atom. The van der Waals surface area contributed by atoms with Crippen molar-refractivity contribution >= 4 is 17.6 Å². The Labute approximate surface area is 113 Å². The van der Waals surface area contributed by atoms with Crippen molar-refractivity contribution in [3.8, 4) is 0 Å². The molecule has 1 aromatic rings. The van der Waals surface area contributed by atoms with Gasteiger partial charge in [-0.25, -0.2) is 4.79 Å². The number of methoxy groups -OCH3 is 1. The quantitative estimate of drug-likeness (QED) is 0.816. The van der Waals surface area contributed by atoms with E-state index >= 15 is 0 Å². The smallest absolute Gasteiger partial charge is 0.337 e. The maximum Gasteiger partial charge on any atom is 0.337 e. The van der Waals surface area contributed by atoms with Crippen LogP contribution in [0.1, 0.15) is 24.2 Å². The molecule has 0 radical (unpaired) electrons. The van der Waals surface area contributed by atoms with Gasteiger partial charge in [0.15, 0.2) is 0 Å². The minimum Gasteiger partial charge on any atom is -0.465 e. The van der Waals surface area contributed by atoms with Gasteiger partial charge in [-0.15, -0.1) is 0 Å². The van der Waals surface area contributed by atoms with Gasteiger partial charge in [0.05, 0.1) is 19.2 Å². The molecule has 5 nitrogen and oxygen atoms in total. The van der Waals surface area contributed by atoms with Crippen molar-refractivity contribution in [3.63, 3.8) is 0 Å². The Balaban J connectivity index is 2.97. The first-order chi connectivity index (χ1) is 8.99. The van der Waals surface area contributed by atoms with Crippen molar-refractivity contribution in [2.24, 2.45) is 11.7 Å². The molecule has 19 heavy (non-hydrogen) atoms. The highest BCUT2D eigenvalue weighted by Crippen LogP contribution is 2.17. The van der Waals surface area contributed by atoms with Gasteiger partial charge in [-0.05, 0) is 30.2 Å². The van der Waals surface area contributed by atoms with E-state index in [1.807, 2.05) is 13.8 Å². The molecule has 1 aromatic carbocycles. The van der Waals surface area contributed by atoms with Gasteiger partial charge in [-0.2, -0.15) is 0 Å². The van der Waals surface area contributed by atoms with E-state index in [2.05, 4.69) is 4.74 Å². The second-order valence-corrected chi connectivity index (χ2v) is 4.64. The Kier molecular flexibility index (Phi) is 5.51. The molecule has 1 amide bonds. The highest BCUT2D eigenvalue weighted by Gasteiger charge is 2.16. The van der Waals surface area contributed by atoms with Crippen LogP contribution in [0, 0.1) is 5.92 Å². The van der Waals surface area contributed by atoms with Crippen LogP contribution in [-0.2, 0) is 9.53 Å². The Hall–Kier alpha value is -1.88. The van der Waals surface area contributed by atoms with Gasteiger partial charge in [0.1, 0.15) is 0 Å². The van der Waals surface area contributed by atoms with Gasteiger partial charge in [0.2, 0.25) is 5.91 Å². The summed E-state index contributed by atoms with van der Waals surface area (Å²) in [6, 6.07) is 6.72. The molecule has 104 valence electrons. The predicted octanol–water partition coefficient (Wildman–Crippen LogP) is 1.42. The molecule has 0 atom stereocenters. The Morgan fingerprint density at radius 2 is 1.84 bits per heavy atom. The Bertz CT molecular complexity index is 441. The molecular weight excluding hydrogens is 244 g/mol. The molecule has 2 N–H and O–H groups in total. The van der Waals surface area contributed by atoms with Crippen LogP contribution in [-0.4, -0.2) is 32.1 Å². The van der Waals surface area contributed by atoms with Crippen molar-refractivity contribution in [1.29, 1.82) is 0 Å². The molecule has 0 heterocycles. The number of carbonyl (C=O) groups is 2. The average molecular weight is 264 g/mol. The summed E-state index contributed by atoms with van der Waals surface area (Å²) in [4.78, 5) is 24.8. The minimum atomic E-state index is -0.396. The van der Waals surface area contributed by atoms with Gasteiger partial charge in [0, 0.05) is 12.2 Å². The van der Waals surface area contributed by atoms with Gasteiger partial charge in [-0.1, -0.05) is 13.8 Å². The number of rotatable bonds is 5. The van der Waals surface area contributed by atoms with Crippen LogP contribution in [0.5, 0.6) is 0 Å². The van der Waals surface area contributed by atoms with Crippen LogP contribution in [0.25, 0.3) is 0 Å².